The fourth-order valence-electron chi connectivity index (χ4n) is 0.987. The quantitative estimate of drug-likeness (QED) is 0.424. The van der Waals surface area contributed by atoms with E-state index < -0.39 is 29.7 Å². The molecule has 9 heteroatoms. The maximum atomic E-state index is 12.5. The monoisotopic (exact) mass is 304 g/mol. The van der Waals surface area contributed by atoms with Crippen LogP contribution >= 0.6 is 0 Å². The number of carbonyl (C=O) groups is 1. The van der Waals surface area contributed by atoms with E-state index in [0.717, 1.165) is 0 Å². The molecule has 0 bridgehead atoms. The van der Waals surface area contributed by atoms with Crippen molar-refractivity contribution >= 4 is 33.2 Å². The van der Waals surface area contributed by atoms with E-state index in [2.05, 4.69) is 19.6 Å². The minimum atomic E-state index is -4.78. The van der Waals surface area contributed by atoms with Gasteiger partial charge in [0.15, 0.2) is 0 Å². The van der Waals surface area contributed by atoms with Crippen molar-refractivity contribution in [2.75, 3.05) is 0 Å². The van der Waals surface area contributed by atoms with Crippen molar-refractivity contribution in [2.24, 2.45) is 0 Å². The fraction of sp³-hybridized carbons (Fsp3) is 0.875. The van der Waals surface area contributed by atoms with Crippen molar-refractivity contribution in [3.63, 3.8) is 0 Å². The minimum Gasteiger partial charge on any atom is -0.508 e. The van der Waals surface area contributed by atoms with Crippen molar-refractivity contribution in [1.29, 1.82) is 0 Å². The summed E-state index contributed by atoms with van der Waals surface area (Å²) in [5, 5.41) is -4.24. The first-order valence-electron chi connectivity index (χ1n) is 4.94. The first-order chi connectivity index (χ1) is 7.26. The van der Waals surface area contributed by atoms with Crippen LogP contribution < -0.4 is 0 Å². The lowest BCUT2D eigenvalue weighted by Crippen LogP contribution is -2.67. The lowest BCUT2D eigenvalue weighted by atomic mass is 10.7. The summed E-state index contributed by atoms with van der Waals surface area (Å²) in [4.78, 5) is 10.7. The second-order valence-electron chi connectivity index (χ2n) is 5.14. The summed E-state index contributed by atoms with van der Waals surface area (Å²) in [5.41, 5.74) is 0. The summed E-state index contributed by atoms with van der Waals surface area (Å²) in [6.45, 7) is 11.2. The molecule has 17 heavy (non-hydrogen) atoms. The van der Waals surface area contributed by atoms with E-state index >= 15 is 0 Å². The smallest absolute Gasteiger partial charge is 0.508 e. The third kappa shape index (κ3) is 3.13. The second-order valence-corrected chi connectivity index (χ2v) is 14.8. The topological polar surface area (TPSA) is 53.9 Å². The molecule has 0 spiro atoms. The molecule has 0 aromatic heterocycles. The van der Waals surface area contributed by atoms with Crippen LogP contribution in [0.4, 0.5) is 8.78 Å². The average molecular weight is 304 g/mol. The van der Waals surface area contributed by atoms with Gasteiger partial charge in [-0.1, -0.05) is 0 Å². The molecule has 0 atom stereocenters. The molecule has 0 unspecified atom stereocenters. The average Bonchev–Trinajstić information content (AvgIpc) is 1.98. The molecule has 1 aliphatic rings. The summed E-state index contributed by atoms with van der Waals surface area (Å²) in [5.74, 6) is -1.67. The molecule has 0 aromatic carbocycles. The lowest BCUT2D eigenvalue weighted by Gasteiger charge is -2.41. The molecular weight excluding hydrogens is 286 g/mol. The number of rotatable bonds is 1. The maximum absolute atomic E-state index is 12.5. The second kappa shape index (κ2) is 4.77. The van der Waals surface area contributed by atoms with Gasteiger partial charge in [0.05, 0.1) is 4.79 Å². The van der Waals surface area contributed by atoms with Crippen LogP contribution in [0.25, 0.3) is 0 Å². The van der Waals surface area contributed by atoms with Crippen LogP contribution in [0.3, 0.4) is 0 Å². The highest BCUT2D eigenvalue weighted by atomic mass is 32.2. The van der Waals surface area contributed by atoms with E-state index in [9.17, 15) is 22.0 Å². The van der Waals surface area contributed by atoms with Crippen LogP contribution in [-0.4, -0.2) is 36.8 Å². The molecule has 1 heterocycles. The molecule has 0 aromatic rings. The maximum Gasteiger partial charge on any atom is 0.608 e. The minimum absolute atomic E-state index is 0.120. The third-order valence-electron chi connectivity index (χ3n) is 1.50. The predicted molar refractivity (Wildman–Crippen MR) is 66.7 cm³/mol. The molecule has 102 valence electrons. The SMILES string of the molecule is C[Si-](C)C.C[Si](C)(C)[O+]1C(=O)C(F)(F)S1(=O)=O. The Morgan fingerprint density at radius 1 is 1.18 bits per heavy atom. The first-order valence-corrected chi connectivity index (χ1v) is 12.8. The van der Waals surface area contributed by atoms with E-state index in [-0.39, 0.29) is 8.80 Å². The molecular formula is C8H18F2O4SSi2. The van der Waals surface area contributed by atoms with Crippen LogP contribution in [0.15, 0.2) is 0 Å². The van der Waals surface area contributed by atoms with Gasteiger partial charge in [0.2, 0.25) is 0 Å². The summed E-state index contributed by atoms with van der Waals surface area (Å²) in [6.07, 6.45) is 0. The van der Waals surface area contributed by atoms with E-state index in [1.807, 2.05) is 0 Å². The molecule has 0 radical (unpaired) electrons. The van der Waals surface area contributed by atoms with E-state index in [4.69, 9.17) is 0 Å². The van der Waals surface area contributed by atoms with Crippen molar-refractivity contribution in [3.05, 3.63) is 0 Å². The van der Waals surface area contributed by atoms with E-state index in [0.29, 0.717) is 0 Å². The van der Waals surface area contributed by atoms with Gasteiger partial charge in [0, 0.05) is 0 Å². The molecule has 1 saturated heterocycles. The molecule has 0 N–H and O–H groups in total. The Morgan fingerprint density at radius 3 is 1.59 bits per heavy atom. The van der Waals surface area contributed by atoms with Gasteiger partial charge in [0.25, 0.3) is 0 Å². The van der Waals surface area contributed by atoms with Gasteiger partial charge < -0.3 is 3.50 Å². The predicted octanol–water partition coefficient (Wildman–Crippen LogP) is 2.21. The van der Waals surface area contributed by atoms with Gasteiger partial charge in [-0.25, -0.2) is 0 Å². The van der Waals surface area contributed by atoms with Crippen LogP contribution in [0.2, 0.25) is 39.3 Å². The highest BCUT2D eigenvalue weighted by Gasteiger charge is 2.81. The Hall–Kier alpha value is -0.286. The molecule has 0 saturated carbocycles. The zero-order valence-electron chi connectivity index (χ0n) is 10.8. The van der Waals surface area contributed by atoms with Crippen LogP contribution in [-0.2, 0) is 18.4 Å². The van der Waals surface area contributed by atoms with Crippen LogP contribution in [0.1, 0.15) is 0 Å². The van der Waals surface area contributed by atoms with Crippen LogP contribution in [0.5, 0.6) is 0 Å². The van der Waals surface area contributed by atoms with E-state index in [1.165, 1.54) is 23.1 Å². The Morgan fingerprint density at radius 2 is 1.47 bits per heavy atom. The Labute approximate surface area is 104 Å². The van der Waals surface area contributed by atoms with Gasteiger partial charge in [-0.2, -0.15) is 36.8 Å². The highest BCUT2D eigenvalue weighted by molar-refractivity contribution is 7.92. The van der Waals surface area contributed by atoms with Gasteiger partial charge in [-0.05, 0) is 19.6 Å². The van der Waals surface area contributed by atoms with Crippen molar-refractivity contribution in [2.45, 2.75) is 44.5 Å². The molecule has 1 aliphatic heterocycles. The van der Waals surface area contributed by atoms with E-state index in [1.54, 1.807) is 0 Å². The molecule has 0 aliphatic carbocycles. The van der Waals surface area contributed by atoms with Gasteiger partial charge >= 0.3 is 29.7 Å². The number of halogens is 2. The van der Waals surface area contributed by atoms with Crippen LogP contribution in [0, 0.1) is 0 Å². The van der Waals surface area contributed by atoms with Gasteiger partial charge in [0.1, 0.15) is 0 Å². The number of alkyl halides is 2. The van der Waals surface area contributed by atoms with Gasteiger partial charge in [-0.15, -0.1) is 0 Å². The molecule has 1 fully saturated rings. The number of hydrogen-bond acceptors (Lipinski definition) is 3. The Balaban J connectivity index is 0.000000557. The van der Waals surface area contributed by atoms with Crippen molar-refractivity contribution in [3.8, 4) is 0 Å². The normalized spacial score (nSPS) is 21.7. The van der Waals surface area contributed by atoms with Crippen molar-refractivity contribution in [1.82, 2.24) is 0 Å². The first kappa shape index (κ1) is 16.7. The third-order valence-corrected chi connectivity index (χ3v) is 6.34. The zero-order valence-corrected chi connectivity index (χ0v) is 13.6. The number of carbonyl (C=O) groups excluding carboxylic acids is 1. The highest BCUT2D eigenvalue weighted by Crippen LogP contribution is 2.45. The standard InChI is InChI=1S/C5H9F2O4SSi.C3H9Si/c1-13(2,3)11-4(8)5(6,7)12(11,9)10;1-4(2)3/h1-3H3;1-3H3/q+1;-1. The Kier molecular flexibility index (Phi) is 4.69. The molecule has 1 rings (SSSR count). The molecule has 4 nitrogen and oxygen atoms in total. The van der Waals surface area contributed by atoms with Gasteiger partial charge in [-0.3, -0.25) is 8.80 Å². The zero-order chi connectivity index (χ0) is 14.2. The Bertz CT molecular complexity index is 397. The summed E-state index contributed by atoms with van der Waals surface area (Å²) < 4.78 is 48.0. The summed E-state index contributed by atoms with van der Waals surface area (Å²) >= 11 is 0. The largest absolute Gasteiger partial charge is 0.608 e. The molecule has 0 amide bonds. The summed E-state index contributed by atoms with van der Waals surface area (Å²) in [7, 11) is -7.29. The lowest BCUT2D eigenvalue weighted by molar-refractivity contribution is -0.173. The van der Waals surface area contributed by atoms with Crippen molar-refractivity contribution < 1.29 is 25.5 Å². The number of hydrogen-bond donors (Lipinski definition) is 0. The summed E-state index contributed by atoms with van der Waals surface area (Å²) in [6, 6.07) is 0. The fourth-order valence-corrected chi connectivity index (χ4v) is 5.38.